The van der Waals surface area contributed by atoms with Crippen LogP contribution in [0.2, 0.25) is 5.02 Å². The van der Waals surface area contributed by atoms with Gasteiger partial charge in [-0.2, -0.15) is 5.26 Å². The molecule has 1 atom stereocenters. The first-order chi connectivity index (χ1) is 7.58. The Labute approximate surface area is 107 Å². The highest BCUT2D eigenvalue weighted by molar-refractivity contribution is 9.10. The number of hydrogen-bond donors (Lipinski definition) is 0. The fraction of sp³-hybridized carbons (Fsp3) is 0.273. The summed E-state index contributed by atoms with van der Waals surface area (Å²) in [4.78, 5) is 10.7. The first kappa shape index (κ1) is 13.0. The maximum Gasteiger partial charge on any atom is 0.319 e. The Hall–Kier alpha value is -1.05. The molecule has 1 aromatic rings. The van der Waals surface area contributed by atoms with Crippen molar-refractivity contribution >= 4 is 33.5 Å². The normalized spacial score (nSPS) is 11.6. The Kier molecular flexibility index (Phi) is 4.78. The van der Waals surface area contributed by atoms with Crippen molar-refractivity contribution in [1.82, 2.24) is 0 Å². The molecule has 0 saturated heterocycles. The zero-order valence-electron chi connectivity index (χ0n) is 8.54. The van der Waals surface area contributed by atoms with E-state index in [0.29, 0.717) is 17.0 Å². The van der Waals surface area contributed by atoms with Crippen molar-refractivity contribution in [2.75, 3.05) is 7.11 Å². The van der Waals surface area contributed by atoms with Crippen LogP contribution in [0.15, 0.2) is 18.2 Å². The molecule has 3 nitrogen and oxygen atoms in total. The second-order valence-electron chi connectivity index (χ2n) is 3.11. The molecule has 0 saturated carbocycles. The van der Waals surface area contributed by atoms with E-state index in [0.717, 1.165) is 5.56 Å². The van der Waals surface area contributed by atoms with Gasteiger partial charge in [-0.25, -0.2) is 0 Å². The Morgan fingerprint density at radius 3 is 2.94 bits per heavy atom. The van der Waals surface area contributed by atoms with Crippen LogP contribution in [0.5, 0.6) is 0 Å². The van der Waals surface area contributed by atoms with Gasteiger partial charge in [0.05, 0.1) is 18.7 Å². The van der Waals surface area contributed by atoms with Crippen molar-refractivity contribution in [3.05, 3.63) is 34.3 Å². The minimum absolute atomic E-state index is 0.371. The van der Waals surface area contributed by atoms with Gasteiger partial charge in [0.1, 0.15) is 4.83 Å². The summed E-state index contributed by atoms with van der Waals surface area (Å²) in [6, 6.07) is 7.01. The summed E-state index contributed by atoms with van der Waals surface area (Å²) < 4.78 is 4.59. The van der Waals surface area contributed by atoms with E-state index < -0.39 is 4.83 Å². The van der Waals surface area contributed by atoms with Gasteiger partial charge in [0.25, 0.3) is 0 Å². The molecule has 1 rings (SSSR count). The quantitative estimate of drug-likeness (QED) is 0.637. The lowest BCUT2D eigenvalue weighted by molar-refractivity contribution is -0.139. The van der Waals surface area contributed by atoms with E-state index >= 15 is 0 Å². The smallest absolute Gasteiger partial charge is 0.319 e. The van der Waals surface area contributed by atoms with Crippen LogP contribution in [0.3, 0.4) is 0 Å². The zero-order valence-corrected chi connectivity index (χ0v) is 10.9. The maximum absolute atomic E-state index is 11.2. The van der Waals surface area contributed by atoms with E-state index in [1.807, 2.05) is 0 Å². The average molecular weight is 303 g/mol. The van der Waals surface area contributed by atoms with Gasteiger partial charge in [-0.05, 0) is 30.2 Å². The molecule has 5 heteroatoms. The number of halogens is 2. The lowest BCUT2D eigenvalue weighted by Crippen LogP contribution is -2.18. The molecule has 0 aliphatic heterocycles. The lowest BCUT2D eigenvalue weighted by atomic mass is 10.0. The highest BCUT2D eigenvalue weighted by atomic mass is 79.9. The van der Waals surface area contributed by atoms with Crippen molar-refractivity contribution in [2.24, 2.45) is 0 Å². The third-order valence-electron chi connectivity index (χ3n) is 2.04. The number of methoxy groups -OCH3 is 1. The van der Waals surface area contributed by atoms with Gasteiger partial charge >= 0.3 is 5.97 Å². The topological polar surface area (TPSA) is 50.1 Å². The van der Waals surface area contributed by atoms with E-state index in [9.17, 15) is 4.79 Å². The van der Waals surface area contributed by atoms with Gasteiger partial charge in [-0.15, -0.1) is 0 Å². The molecular weight excluding hydrogens is 293 g/mol. The number of carbonyl (C=O) groups is 1. The van der Waals surface area contributed by atoms with Crippen molar-refractivity contribution in [3.63, 3.8) is 0 Å². The van der Waals surface area contributed by atoms with Gasteiger partial charge in [0, 0.05) is 5.02 Å². The third kappa shape index (κ3) is 3.22. The van der Waals surface area contributed by atoms with Crippen molar-refractivity contribution < 1.29 is 9.53 Å². The molecule has 0 fully saturated rings. The molecule has 0 aliphatic carbocycles. The van der Waals surface area contributed by atoms with E-state index in [4.69, 9.17) is 16.9 Å². The van der Waals surface area contributed by atoms with E-state index in [1.165, 1.54) is 7.11 Å². The van der Waals surface area contributed by atoms with Gasteiger partial charge < -0.3 is 4.74 Å². The number of carbonyl (C=O) groups excluding carboxylic acids is 1. The molecule has 1 unspecified atom stereocenters. The highest BCUT2D eigenvalue weighted by Crippen LogP contribution is 2.19. The van der Waals surface area contributed by atoms with Crippen LogP contribution in [-0.4, -0.2) is 17.9 Å². The molecule has 84 valence electrons. The van der Waals surface area contributed by atoms with Crippen LogP contribution in [0.1, 0.15) is 11.1 Å². The van der Waals surface area contributed by atoms with Crippen LogP contribution in [-0.2, 0) is 16.0 Å². The predicted octanol–water partition coefficient (Wildman–Crippen LogP) is 2.69. The Morgan fingerprint density at radius 2 is 2.38 bits per heavy atom. The van der Waals surface area contributed by atoms with Crippen LogP contribution >= 0.6 is 27.5 Å². The van der Waals surface area contributed by atoms with Crippen LogP contribution in [0.4, 0.5) is 0 Å². The molecule has 0 heterocycles. The molecule has 0 radical (unpaired) electrons. The number of ether oxygens (including phenoxy) is 1. The predicted molar refractivity (Wildman–Crippen MR) is 64.6 cm³/mol. The molecule has 0 aliphatic rings. The van der Waals surface area contributed by atoms with E-state index in [1.54, 1.807) is 18.2 Å². The summed E-state index contributed by atoms with van der Waals surface area (Å²) in [5, 5.41) is 9.43. The summed E-state index contributed by atoms with van der Waals surface area (Å²) in [7, 11) is 1.32. The van der Waals surface area contributed by atoms with Crippen LogP contribution < -0.4 is 0 Å². The average Bonchev–Trinajstić information content (AvgIpc) is 2.28. The number of hydrogen-bond acceptors (Lipinski definition) is 3. The van der Waals surface area contributed by atoms with Crippen LogP contribution in [0, 0.1) is 11.3 Å². The number of rotatable bonds is 3. The Balaban J connectivity index is 2.92. The summed E-state index contributed by atoms with van der Waals surface area (Å²) in [6.45, 7) is 0. The summed E-state index contributed by atoms with van der Waals surface area (Å²) >= 11 is 9.03. The largest absolute Gasteiger partial charge is 0.468 e. The van der Waals surface area contributed by atoms with Crippen molar-refractivity contribution in [2.45, 2.75) is 11.2 Å². The number of benzene rings is 1. The first-order valence-electron chi connectivity index (χ1n) is 4.49. The van der Waals surface area contributed by atoms with E-state index in [-0.39, 0.29) is 5.97 Å². The Bertz CT molecular complexity index is 442. The Morgan fingerprint density at radius 1 is 1.69 bits per heavy atom. The van der Waals surface area contributed by atoms with Crippen LogP contribution in [0.25, 0.3) is 0 Å². The molecule has 0 aromatic heterocycles. The molecule has 1 aromatic carbocycles. The van der Waals surface area contributed by atoms with Crippen molar-refractivity contribution in [3.8, 4) is 6.07 Å². The minimum atomic E-state index is -0.469. The molecule has 0 bridgehead atoms. The van der Waals surface area contributed by atoms with Gasteiger partial charge in [-0.1, -0.05) is 27.5 Å². The molecule has 0 spiro atoms. The lowest BCUT2D eigenvalue weighted by Gasteiger charge is -2.09. The molecule has 0 N–H and O–H groups in total. The fourth-order valence-electron chi connectivity index (χ4n) is 1.24. The monoisotopic (exact) mass is 301 g/mol. The fourth-order valence-corrected chi connectivity index (χ4v) is 1.97. The number of nitrogens with zero attached hydrogens (tertiary/aromatic N) is 1. The van der Waals surface area contributed by atoms with Gasteiger partial charge in [0.15, 0.2) is 0 Å². The second kappa shape index (κ2) is 5.88. The maximum atomic E-state index is 11.2. The van der Waals surface area contributed by atoms with Crippen molar-refractivity contribution in [1.29, 1.82) is 5.26 Å². The SMILES string of the molecule is COC(=O)C(Br)Cc1cc(Cl)ccc1C#N. The third-order valence-corrected chi connectivity index (χ3v) is 2.98. The standard InChI is InChI=1S/C11H9BrClNO2/c1-16-11(15)10(12)5-8-4-9(13)3-2-7(8)6-14/h2-4,10H,5H2,1H3. The molecule has 16 heavy (non-hydrogen) atoms. The zero-order chi connectivity index (χ0) is 12.1. The highest BCUT2D eigenvalue weighted by Gasteiger charge is 2.17. The summed E-state index contributed by atoms with van der Waals surface area (Å²) in [6.07, 6.45) is 0.371. The molecule has 0 amide bonds. The first-order valence-corrected chi connectivity index (χ1v) is 5.78. The second-order valence-corrected chi connectivity index (χ2v) is 4.65. The van der Waals surface area contributed by atoms with Gasteiger partial charge in [0.2, 0.25) is 0 Å². The number of esters is 1. The number of nitriles is 1. The van der Waals surface area contributed by atoms with Gasteiger partial charge in [-0.3, -0.25) is 4.79 Å². The summed E-state index contributed by atoms with van der Waals surface area (Å²) in [5.41, 5.74) is 1.24. The van der Waals surface area contributed by atoms with E-state index in [2.05, 4.69) is 26.7 Å². The minimum Gasteiger partial charge on any atom is -0.468 e. The molecular formula is C11H9BrClNO2. The number of alkyl halides is 1. The summed E-state index contributed by atoms with van der Waals surface area (Å²) in [5.74, 6) is -0.371.